The molecule has 0 atom stereocenters. The minimum atomic E-state index is -0.408. The van der Waals surface area contributed by atoms with Crippen LogP contribution in [0.25, 0.3) is 0 Å². The van der Waals surface area contributed by atoms with E-state index in [9.17, 15) is 9.59 Å². The first-order valence-corrected chi connectivity index (χ1v) is 7.17. The molecule has 0 spiro atoms. The highest BCUT2D eigenvalue weighted by Gasteiger charge is 2.04. The molecule has 0 aliphatic heterocycles. The van der Waals surface area contributed by atoms with Crippen LogP contribution in [-0.2, 0) is 9.59 Å². The quantitative estimate of drug-likeness (QED) is 0.367. The SMILES string of the molecule is CC(=O)Oc1ccccc1C=NN=Cc1ccccc1OC(C)=O. The number of ether oxygens (including phenoxy) is 2. The lowest BCUT2D eigenvalue weighted by molar-refractivity contribution is -0.132. The molecule has 2 rings (SSSR count). The largest absolute Gasteiger partial charge is 0.426 e. The molecule has 6 nitrogen and oxygen atoms in total. The molecule has 0 radical (unpaired) electrons. The molecular formula is C18H16N2O4. The van der Waals surface area contributed by atoms with Gasteiger partial charge >= 0.3 is 11.9 Å². The standard InChI is InChI=1S/C18H16N2O4/c1-13(21)23-17-9-5-3-7-15(17)11-19-20-12-16-8-4-6-10-18(16)24-14(2)22/h3-12H,1-2H3. The summed E-state index contributed by atoms with van der Waals surface area (Å²) >= 11 is 0. The molecule has 0 saturated carbocycles. The lowest BCUT2D eigenvalue weighted by atomic mass is 10.2. The van der Waals surface area contributed by atoms with Crippen molar-refractivity contribution in [3.05, 3.63) is 59.7 Å². The van der Waals surface area contributed by atoms with Crippen molar-refractivity contribution in [3.8, 4) is 11.5 Å². The lowest BCUT2D eigenvalue weighted by Crippen LogP contribution is -2.03. The summed E-state index contributed by atoms with van der Waals surface area (Å²) in [6.07, 6.45) is 2.95. The molecule has 2 aromatic carbocycles. The fourth-order valence-corrected chi connectivity index (χ4v) is 1.86. The first kappa shape index (κ1) is 17.1. The Kier molecular flexibility index (Phi) is 5.96. The molecule has 2 aromatic rings. The molecule has 122 valence electrons. The summed E-state index contributed by atoms with van der Waals surface area (Å²) in [5.41, 5.74) is 1.25. The Hall–Kier alpha value is -3.28. The highest BCUT2D eigenvalue weighted by Crippen LogP contribution is 2.17. The van der Waals surface area contributed by atoms with Crippen molar-refractivity contribution >= 4 is 24.4 Å². The predicted octanol–water partition coefficient (Wildman–Crippen LogP) is 2.99. The van der Waals surface area contributed by atoms with E-state index < -0.39 is 11.9 Å². The van der Waals surface area contributed by atoms with Crippen LogP contribution in [0.5, 0.6) is 11.5 Å². The number of hydrogen-bond acceptors (Lipinski definition) is 6. The lowest BCUT2D eigenvalue weighted by Gasteiger charge is -2.04. The van der Waals surface area contributed by atoms with Crippen LogP contribution in [0, 0.1) is 0 Å². The molecule has 0 saturated heterocycles. The molecule has 24 heavy (non-hydrogen) atoms. The number of hydrogen-bond donors (Lipinski definition) is 0. The third-order valence-electron chi connectivity index (χ3n) is 2.81. The van der Waals surface area contributed by atoms with Crippen LogP contribution in [0.3, 0.4) is 0 Å². The van der Waals surface area contributed by atoms with Gasteiger partial charge in [-0.25, -0.2) is 0 Å². The molecule has 0 N–H and O–H groups in total. The van der Waals surface area contributed by atoms with E-state index in [1.165, 1.54) is 26.3 Å². The van der Waals surface area contributed by atoms with Crippen LogP contribution in [0.2, 0.25) is 0 Å². The zero-order valence-electron chi connectivity index (χ0n) is 13.3. The van der Waals surface area contributed by atoms with Gasteiger partial charge in [-0.05, 0) is 24.3 Å². The molecular weight excluding hydrogens is 308 g/mol. The second-order valence-corrected chi connectivity index (χ2v) is 4.75. The van der Waals surface area contributed by atoms with Crippen LogP contribution in [0.4, 0.5) is 0 Å². The maximum atomic E-state index is 11.1. The molecule has 0 aliphatic rings. The van der Waals surface area contributed by atoms with E-state index in [2.05, 4.69) is 10.2 Å². The van der Waals surface area contributed by atoms with E-state index in [1.807, 2.05) is 0 Å². The predicted molar refractivity (Wildman–Crippen MR) is 90.7 cm³/mol. The van der Waals surface area contributed by atoms with Crippen molar-refractivity contribution in [2.24, 2.45) is 10.2 Å². The molecule has 0 aromatic heterocycles. The zero-order chi connectivity index (χ0) is 17.4. The van der Waals surface area contributed by atoms with E-state index >= 15 is 0 Å². The highest BCUT2D eigenvalue weighted by molar-refractivity contribution is 5.88. The Morgan fingerprint density at radius 3 is 1.50 bits per heavy atom. The van der Waals surface area contributed by atoms with Gasteiger partial charge in [-0.15, -0.1) is 0 Å². The van der Waals surface area contributed by atoms with Gasteiger partial charge in [0, 0.05) is 25.0 Å². The normalized spacial score (nSPS) is 10.9. The summed E-state index contributed by atoms with van der Waals surface area (Å²) in [6, 6.07) is 14.0. The van der Waals surface area contributed by atoms with Crippen molar-refractivity contribution in [3.63, 3.8) is 0 Å². The monoisotopic (exact) mass is 324 g/mol. The number of rotatable bonds is 5. The number of carbonyl (C=O) groups is 2. The summed E-state index contributed by atoms with van der Waals surface area (Å²) in [6.45, 7) is 2.66. The van der Waals surface area contributed by atoms with Crippen molar-refractivity contribution in [1.29, 1.82) is 0 Å². The average Bonchev–Trinajstić information content (AvgIpc) is 2.53. The fraction of sp³-hybridized carbons (Fsp3) is 0.111. The van der Waals surface area contributed by atoms with E-state index in [4.69, 9.17) is 9.47 Å². The minimum absolute atomic E-state index is 0.407. The number of esters is 2. The molecule has 0 bridgehead atoms. The molecule has 0 heterocycles. The average molecular weight is 324 g/mol. The van der Waals surface area contributed by atoms with Crippen molar-refractivity contribution in [2.45, 2.75) is 13.8 Å². The van der Waals surface area contributed by atoms with Gasteiger partial charge in [0.05, 0.1) is 12.4 Å². The molecule has 0 aliphatic carbocycles. The Labute approximate surface area is 139 Å². The molecule has 0 amide bonds. The third-order valence-corrected chi connectivity index (χ3v) is 2.81. The van der Waals surface area contributed by atoms with Crippen molar-refractivity contribution in [2.75, 3.05) is 0 Å². The second kappa shape index (κ2) is 8.38. The van der Waals surface area contributed by atoms with Crippen LogP contribution in [0.15, 0.2) is 58.7 Å². The summed E-state index contributed by atoms with van der Waals surface area (Å²) in [5.74, 6) is -0.00199. The smallest absolute Gasteiger partial charge is 0.308 e. The topological polar surface area (TPSA) is 77.3 Å². The number of nitrogens with zero attached hydrogens (tertiary/aromatic N) is 2. The van der Waals surface area contributed by atoms with Gasteiger partial charge in [-0.3, -0.25) is 9.59 Å². The molecule has 0 fully saturated rings. The van der Waals surface area contributed by atoms with Crippen LogP contribution < -0.4 is 9.47 Å². The van der Waals surface area contributed by atoms with E-state index in [1.54, 1.807) is 48.5 Å². The van der Waals surface area contributed by atoms with Gasteiger partial charge in [0.25, 0.3) is 0 Å². The Bertz CT molecular complexity index is 730. The van der Waals surface area contributed by atoms with Crippen LogP contribution in [-0.4, -0.2) is 24.4 Å². The zero-order valence-corrected chi connectivity index (χ0v) is 13.3. The van der Waals surface area contributed by atoms with Crippen molar-refractivity contribution < 1.29 is 19.1 Å². The van der Waals surface area contributed by atoms with Gasteiger partial charge in [0.2, 0.25) is 0 Å². The summed E-state index contributed by atoms with van der Waals surface area (Å²) in [7, 11) is 0. The first-order chi connectivity index (χ1) is 11.6. The van der Waals surface area contributed by atoms with Crippen LogP contribution >= 0.6 is 0 Å². The van der Waals surface area contributed by atoms with Gasteiger partial charge in [0.15, 0.2) is 0 Å². The van der Waals surface area contributed by atoms with Gasteiger partial charge in [-0.2, -0.15) is 10.2 Å². The minimum Gasteiger partial charge on any atom is -0.426 e. The van der Waals surface area contributed by atoms with E-state index in [0.717, 1.165) is 0 Å². The molecule has 6 heteroatoms. The highest BCUT2D eigenvalue weighted by atomic mass is 16.5. The van der Waals surface area contributed by atoms with Crippen LogP contribution in [0.1, 0.15) is 25.0 Å². The van der Waals surface area contributed by atoms with Gasteiger partial charge < -0.3 is 9.47 Å². The maximum Gasteiger partial charge on any atom is 0.308 e. The van der Waals surface area contributed by atoms with E-state index in [-0.39, 0.29) is 0 Å². The van der Waals surface area contributed by atoms with Gasteiger partial charge in [0.1, 0.15) is 11.5 Å². The first-order valence-electron chi connectivity index (χ1n) is 7.17. The third kappa shape index (κ3) is 5.17. The number of benzene rings is 2. The van der Waals surface area contributed by atoms with Gasteiger partial charge in [-0.1, -0.05) is 24.3 Å². The summed E-state index contributed by atoms with van der Waals surface area (Å²) in [5, 5.41) is 7.88. The maximum absolute atomic E-state index is 11.1. The number of para-hydroxylation sites is 2. The Balaban J connectivity index is 2.14. The number of carbonyl (C=O) groups excluding carboxylic acids is 2. The summed E-state index contributed by atoms with van der Waals surface area (Å²) in [4.78, 5) is 22.1. The van der Waals surface area contributed by atoms with E-state index in [0.29, 0.717) is 22.6 Å². The molecule has 0 unspecified atom stereocenters. The summed E-state index contributed by atoms with van der Waals surface area (Å²) < 4.78 is 10.2. The Morgan fingerprint density at radius 1 is 0.750 bits per heavy atom. The van der Waals surface area contributed by atoms with Crippen molar-refractivity contribution in [1.82, 2.24) is 0 Å². The Morgan fingerprint density at radius 2 is 1.12 bits per heavy atom. The second-order valence-electron chi connectivity index (χ2n) is 4.75. The fourth-order valence-electron chi connectivity index (χ4n) is 1.86.